The van der Waals surface area contributed by atoms with Gasteiger partial charge < -0.3 is 20.7 Å². The second-order valence-corrected chi connectivity index (χ2v) is 10.5. The van der Waals surface area contributed by atoms with Crippen molar-refractivity contribution in [1.29, 1.82) is 0 Å². The molecule has 0 spiro atoms. The molecule has 0 radical (unpaired) electrons. The maximum Gasteiger partial charge on any atom is 0.416 e. The molecule has 2 aromatic carbocycles. The van der Waals surface area contributed by atoms with Gasteiger partial charge in [-0.05, 0) is 49.2 Å². The summed E-state index contributed by atoms with van der Waals surface area (Å²) >= 11 is 0. The molecule has 1 saturated carbocycles. The Labute approximate surface area is 214 Å². The number of carbonyl (C=O) groups excluding carboxylic acids is 2. The third-order valence-corrected chi connectivity index (χ3v) is 6.36. The van der Waals surface area contributed by atoms with Crippen LogP contribution in [-0.2, 0) is 20.8 Å². The molecule has 200 valence electrons. The summed E-state index contributed by atoms with van der Waals surface area (Å²) in [5, 5.41) is 7.01. The van der Waals surface area contributed by atoms with Crippen molar-refractivity contribution in [3.05, 3.63) is 66.1 Å². The minimum atomic E-state index is -4.86. The Hall–Kier alpha value is -4.20. The van der Waals surface area contributed by atoms with Crippen molar-refractivity contribution in [3.8, 4) is 11.5 Å². The van der Waals surface area contributed by atoms with Gasteiger partial charge in [-0.15, -0.1) is 0 Å². The molecule has 1 aliphatic carbocycles. The van der Waals surface area contributed by atoms with Gasteiger partial charge in [0.25, 0.3) is 0 Å². The third kappa shape index (κ3) is 6.97. The Bertz CT molecular complexity index is 1510. The number of amides is 3. The predicted molar refractivity (Wildman–Crippen MR) is 129 cm³/mol. The molecule has 9 nitrogen and oxygen atoms in total. The Morgan fingerprint density at radius 3 is 2.32 bits per heavy atom. The number of aromatic nitrogens is 1. The normalized spacial score (nSPS) is 13.5. The van der Waals surface area contributed by atoms with Crippen molar-refractivity contribution in [2.45, 2.75) is 23.9 Å². The van der Waals surface area contributed by atoms with Gasteiger partial charge in [-0.25, -0.2) is 22.6 Å². The van der Waals surface area contributed by atoms with Crippen LogP contribution in [-0.4, -0.2) is 31.6 Å². The topological polar surface area (TPSA) is 126 Å². The number of ether oxygens (including phenoxy) is 1. The maximum absolute atomic E-state index is 14.6. The van der Waals surface area contributed by atoms with Gasteiger partial charge in [0.05, 0.1) is 10.5 Å². The number of carbonyl (C=O) groups is 2. The molecular formula is C24H20F4N4O5S. The molecule has 1 aliphatic rings. The highest BCUT2D eigenvalue weighted by Gasteiger charge is 2.32. The Morgan fingerprint density at radius 1 is 0.974 bits per heavy atom. The first-order valence-corrected chi connectivity index (χ1v) is 12.9. The highest BCUT2D eigenvalue weighted by molar-refractivity contribution is 7.90. The number of hydrogen-bond donors (Lipinski definition) is 3. The van der Waals surface area contributed by atoms with E-state index in [4.69, 9.17) is 4.74 Å². The van der Waals surface area contributed by atoms with Crippen LogP contribution in [0.1, 0.15) is 18.4 Å². The van der Waals surface area contributed by atoms with Crippen LogP contribution in [0.2, 0.25) is 0 Å². The van der Waals surface area contributed by atoms with E-state index < -0.39 is 44.0 Å². The summed E-state index contributed by atoms with van der Waals surface area (Å²) in [6.45, 7) is 0. The second kappa shape index (κ2) is 10.3. The zero-order valence-electron chi connectivity index (χ0n) is 19.6. The third-order valence-electron chi connectivity index (χ3n) is 5.27. The Kier molecular flexibility index (Phi) is 7.26. The average molecular weight is 553 g/mol. The van der Waals surface area contributed by atoms with E-state index in [1.54, 1.807) is 0 Å². The first-order valence-electron chi connectivity index (χ1n) is 11.0. The summed E-state index contributed by atoms with van der Waals surface area (Å²) in [7, 11) is -4.01. The van der Waals surface area contributed by atoms with Crippen LogP contribution in [0.15, 0.2) is 59.6 Å². The largest absolute Gasteiger partial charge is 0.454 e. The summed E-state index contributed by atoms with van der Waals surface area (Å²) in [5.41, 5.74) is -1.76. The zero-order valence-corrected chi connectivity index (χ0v) is 20.4. The predicted octanol–water partition coefficient (Wildman–Crippen LogP) is 5.43. The first kappa shape index (κ1) is 26.9. The van der Waals surface area contributed by atoms with Gasteiger partial charge in [0.1, 0.15) is 11.6 Å². The van der Waals surface area contributed by atoms with E-state index in [2.05, 4.69) is 20.9 Å². The van der Waals surface area contributed by atoms with Crippen molar-refractivity contribution >= 4 is 39.0 Å². The van der Waals surface area contributed by atoms with E-state index in [9.17, 15) is 35.6 Å². The monoisotopic (exact) mass is 552 g/mol. The number of urea groups is 1. The fourth-order valence-corrected chi connectivity index (χ4v) is 3.93. The van der Waals surface area contributed by atoms with Crippen molar-refractivity contribution in [3.63, 3.8) is 0 Å². The minimum absolute atomic E-state index is 0.0358. The lowest BCUT2D eigenvalue weighted by molar-refractivity contribution is -0.137. The number of hydrogen-bond acceptors (Lipinski definition) is 6. The van der Waals surface area contributed by atoms with Gasteiger partial charge >= 0.3 is 12.2 Å². The lowest BCUT2D eigenvalue weighted by atomic mass is 10.2. The fourth-order valence-electron chi connectivity index (χ4n) is 3.25. The molecule has 14 heteroatoms. The van der Waals surface area contributed by atoms with Gasteiger partial charge in [0, 0.05) is 41.9 Å². The first-order chi connectivity index (χ1) is 17.8. The van der Waals surface area contributed by atoms with Gasteiger partial charge in [0.15, 0.2) is 21.4 Å². The molecule has 0 unspecified atom stereocenters. The summed E-state index contributed by atoms with van der Waals surface area (Å²) in [5.74, 6) is -0.851. The minimum Gasteiger partial charge on any atom is -0.454 e. The van der Waals surface area contributed by atoms with Crippen LogP contribution in [0.5, 0.6) is 11.5 Å². The molecule has 0 atom stereocenters. The van der Waals surface area contributed by atoms with E-state index >= 15 is 0 Å². The number of nitrogens with one attached hydrogen (secondary N) is 3. The highest BCUT2D eigenvalue weighted by Crippen LogP contribution is 2.34. The summed E-state index contributed by atoms with van der Waals surface area (Å²) in [6, 6.07) is 7.13. The van der Waals surface area contributed by atoms with Gasteiger partial charge in [-0.1, -0.05) is 0 Å². The summed E-state index contributed by atoms with van der Waals surface area (Å²) < 4.78 is 83.2. The maximum atomic E-state index is 14.6. The number of rotatable bonds is 7. The van der Waals surface area contributed by atoms with Crippen LogP contribution in [0, 0.1) is 11.7 Å². The molecule has 3 amide bonds. The number of nitrogens with zero attached hydrogens (tertiary/aromatic N) is 1. The average Bonchev–Trinajstić information content (AvgIpc) is 3.65. The smallest absolute Gasteiger partial charge is 0.416 e. The van der Waals surface area contributed by atoms with Gasteiger partial charge in [-0.2, -0.15) is 13.2 Å². The van der Waals surface area contributed by atoms with Crippen molar-refractivity contribution in [1.82, 2.24) is 4.98 Å². The van der Waals surface area contributed by atoms with Crippen molar-refractivity contribution in [2.24, 2.45) is 5.92 Å². The van der Waals surface area contributed by atoms with E-state index in [1.165, 1.54) is 30.5 Å². The molecule has 4 rings (SSSR count). The number of alkyl halides is 3. The molecule has 38 heavy (non-hydrogen) atoms. The molecular weight excluding hydrogens is 532 g/mol. The van der Waals surface area contributed by atoms with E-state index in [0.29, 0.717) is 12.1 Å². The quantitative estimate of drug-likeness (QED) is 0.336. The molecule has 1 aromatic heterocycles. The van der Waals surface area contributed by atoms with E-state index in [0.717, 1.165) is 31.2 Å². The Morgan fingerprint density at radius 2 is 1.68 bits per heavy atom. The van der Waals surface area contributed by atoms with E-state index in [-0.39, 0.29) is 34.8 Å². The lowest BCUT2D eigenvalue weighted by Gasteiger charge is -2.13. The lowest BCUT2D eigenvalue weighted by Crippen LogP contribution is -2.20. The van der Waals surface area contributed by atoms with Crippen LogP contribution < -0.4 is 20.7 Å². The van der Waals surface area contributed by atoms with Crippen LogP contribution in [0.3, 0.4) is 0 Å². The number of halogens is 4. The second-order valence-electron chi connectivity index (χ2n) is 8.48. The van der Waals surface area contributed by atoms with Gasteiger partial charge in [0.2, 0.25) is 5.91 Å². The highest BCUT2D eigenvalue weighted by atomic mass is 32.2. The van der Waals surface area contributed by atoms with Crippen LogP contribution >= 0.6 is 0 Å². The summed E-state index contributed by atoms with van der Waals surface area (Å²) in [6.07, 6.45) is -1.12. The number of pyridine rings is 1. The number of benzene rings is 2. The fraction of sp³-hybridized carbons (Fsp3) is 0.208. The standard InChI is InChI=1S/C24H20F4N4O5S/c1-38(35,36)18-9-14(24(26,27)28)8-16(10-18)31-23(34)30-15-4-5-20(19(25)11-15)37-17-6-7-29-21(12-17)32-22(33)13-2-3-13/h4-13H,2-3H2,1H3,(H,29,32,33)(H2,30,31,34). The summed E-state index contributed by atoms with van der Waals surface area (Å²) in [4.78, 5) is 27.6. The molecule has 1 fully saturated rings. The SMILES string of the molecule is CS(=O)(=O)c1cc(NC(=O)Nc2ccc(Oc3ccnc(NC(=O)C4CC4)c3)c(F)c2)cc(C(F)(F)F)c1. The van der Waals surface area contributed by atoms with Crippen molar-refractivity contribution < 1.29 is 40.3 Å². The van der Waals surface area contributed by atoms with Crippen LogP contribution in [0.25, 0.3) is 0 Å². The molecule has 0 saturated heterocycles. The van der Waals surface area contributed by atoms with Crippen molar-refractivity contribution in [2.75, 3.05) is 22.2 Å². The molecule has 3 N–H and O–H groups in total. The number of anilines is 3. The van der Waals surface area contributed by atoms with Gasteiger partial charge in [-0.3, -0.25) is 4.79 Å². The van der Waals surface area contributed by atoms with Crippen LogP contribution in [0.4, 0.5) is 39.5 Å². The molecule has 1 heterocycles. The number of sulfone groups is 1. The molecule has 0 aliphatic heterocycles. The zero-order chi connectivity index (χ0) is 27.7. The molecule has 0 bridgehead atoms. The van der Waals surface area contributed by atoms with E-state index in [1.807, 2.05) is 0 Å². The Balaban J connectivity index is 1.43. The molecule has 3 aromatic rings.